The van der Waals surface area contributed by atoms with Crippen molar-refractivity contribution in [2.24, 2.45) is 0 Å². The maximum absolute atomic E-state index is 9.98. The van der Waals surface area contributed by atoms with Crippen LogP contribution >= 0.6 is 11.6 Å². The van der Waals surface area contributed by atoms with Gasteiger partial charge in [0.1, 0.15) is 30.0 Å². The Morgan fingerprint density at radius 3 is 2.69 bits per heavy atom. The van der Waals surface area contributed by atoms with Crippen LogP contribution in [0.2, 0.25) is 5.02 Å². The molecule has 0 bridgehead atoms. The lowest BCUT2D eigenvalue weighted by molar-refractivity contribution is -0.0625. The molecule has 0 spiro atoms. The first kappa shape index (κ1) is 25.4. The van der Waals surface area contributed by atoms with Gasteiger partial charge in [0.25, 0.3) is 0 Å². The highest BCUT2D eigenvalue weighted by Crippen LogP contribution is 2.38. The number of methoxy groups -OCH3 is 1. The number of rotatable bonds is 10. The summed E-state index contributed by atoms with van der Waals surface area (Å²) in [6.07, 6.45) is 1.12. The van der Waals surface area contributed by atoms with Gasteiger partial charge in [-0.25, -0.2) is 9.97 Å². The number of nitrogens with zero attached hydrogens (tertiary/aromatic N) is 3. The minimum Gasteiger partial charge on any atom is -0.491 e. The first-order valence-corrected chi connectivity index (χ1v) is 12.0. The highest BCUT2D eigenvalue weighted by Gasteiger charge is 2.40. The molecule has 1 atom stereocenters. The van der Waals surface area contributed by atoms with E-state index in [2.05, 4.69) is 22.7 Å². The normalized spacial score (nSPS) is 20.4. The van der Waals surface area contributed by atoms with Gasteiger partial charge in [0.15, 0.2) is 5.82 Å². The van der Waals surface area contributed by atoms with Gasteiger partial charge in [-0.1, -0.05) is 16.8 Å². The Hall–Kier alpha value is -2.72. The number of aromatic nitrogens is 3. The summed E-state index contributed by atoms with van der Waals surface area (Å²) in [4.78, 5) is 9.60. The zero-order chi connectivity index (χ0) is 25.2. The maximum Gasteiger partial charge on any atom is 0.163 e. The SMILES string of the molecule is CNC[C@@H](O)COc1ccc(Cl)c(-c2nc(NC3CC(C)(OC)C3)cc(-c3c(C)noc3C)n2)c1. The van der Waals surface area contributed by atoms with Crippen LogP contribution in [0.15, 0.2) is 28.8 Å². The highest BCUT2D eigenvalue weighted by molar-refractivity contribution is 6.33. The Morgan fingerprint density at radius 1 is 1.26 bits per heavy atom. The minimum absolute atomic E-state index is 0.120. The van der Waals surface area contributed by atoms with Crippen LogP contribution in [0.25, 0.3) is 22.6 Å². The summed E-state index contributed by atoms with van der Waals surface area (Å²) in [5, 5.41) is 21.0. The summed E-state index contributed by atoms with van der Waals surface area (Å²) in [5.74, 6) is 2.37. The fourth-order valence-corrected chi connectivity index (χ4v) is 4.53. The Morgan fingerprint density at radius 2 is 2.03 bits per heavy atom. The fourth-order valence-electron chi connectivity index (χ4n) is 4.33. The molecule has 4 rings (SSSR count). The molecule has 0 aliphatic heterocycles. The molecular weight excluding hydrogens is 470 g/mol. The van der Waals surface area contributed by atoms with Crippen molar-refractivity contribution in [2.45, 2.75) is 51.4 Å². The Labute approximate surface area is 210 Å². The molecule has 2 heterocycles. The van der Waals surface area contributed by atoms with Crippen molar-refractivity contribution in [1.29, 1.82) is 0 Å². The number of benzene rings is 1. The van der Waals surface area contributed by atoms with E-state index in [4.69, 9.17) is 35.6 Å². The number of halogens is 1. The summed E-state index contributed by atoms with van der Waals surface area (Å²) in [6, 6.07) is 7.43. The van der Waals surface area contributed by atoms with Gasteiger partial charge in [-0.05, 0) is 58.9 Å². The summed E-state index contributed by atoms with van der Waals surface area (Å²) in [5.41, 5.74) is 2.76. The topological polar surface area (TPSA) is 115 Å². The van der Waals surface area contributed by atoms with Crippen LogP contribution in [0.1, 0.15) is 31.2 Å². The molecule has 0 amide bonds. The number of hydrogen-bond donors (Lipinski definition) is 3. The molecule has 1 saturated carbocycles. The van der Waals surface area contributed by atoms with Crippen molar-refractivity contribution in [3.63, 3.8) is 0 Å². The molecule has 3 N–H and O–H groups in total. The van der Waals surface area contributed by atoms with E-state index in [0.717, 1.165) is 24.1 Å². The lowest BCUT2D eigenvalue weighted by Crippen LogP contribution is -2.49. The monoisotopic (exact) mass is 501 g/mol. The molecule has 1 aromatic carbocycles. The molecule has 2 aromatic heterocycles. The van der Waals surface area contributed by atoms with Gasteiger partial charge in [0.05, 0.1) is 27.6 Å². The molecule has 188 valence electrons. The lowest BCUT2D eigenvalue weighted by atomic mass is 9.77. The molecule has 35 heavy (non-hydrogen) atoms. The van der Waals surface area contributed by atoms with E-state index in [1.54, 1.807) is 32.4 Å². The Bertz CT molecular complexity index is 1160. The van der Waals surface area contributed by atoms with Crippen LogP contribution in [0, 0.1) is 13.8 Å². The molecule has 0 saturated heterocycles. The van der Waals surface area contributed by atoms with Crippen molar-refractivity contribution >= 4 is 17.4 Å². The van der Waals surface area contributed by atoms with Crippen LogP contribution in [0.3, 0.4) is 0 Å². The number of anilines is 1. The number of ether oxygens (including phenoxy) is 2. The zero-order valence-electron chi connectivity index (χ0n) is 20.7. The van der Waals surface area contributed by atoms with Gasteiger partial charge in [-0.3, -0.25) is 0 Å². The zero-order valence-corrected chi connectivity index (χ0v) is 21.4. The number of aryl methyl sites for hydroxylation is 2. The summed E-state index contributed by atoms with van der Waals surface area (Å²) >= 11 is 6.57. The van der Waals surface area contributed by atoms with Crippen LogP contribution in [0.4, 0.5) is 5.82 Å². The van der Waals surface area contributed by atoms with Crippen molar-refractivity contribution in [2.75, 3.05) is 32.6 Å². The van der Waals surface area contributed by atoms with Gasteiger partial charge >= 0.3 is 0 Å². The highest BCUT2D eigenvalue weighted by atomic mass is 35.5. The van der Waals surface area contributed by atoms with E-state index in [0.29, 0.717) is 46.0 Å². The third kappa shape index (κ3) is 5.75. The van der Waals surface area contributed by atoms with Crippen LogP contribution in [-0.2, 0) is 4.74 Å². The number of aliphatic hydroxyl groups is 1. The maximum atomic E-state index is 9.98. The van der Waals surface area contributed by atoms with Gasteiger partial charge < -0.3 is 29.7 Å². The predicted octanol–water partition coefficient (Wildman–Crippen LogP) is 4.01. The number of hydrogen-bond acceptors (Lipinski definition) is 9. The molecular formula is C25H32ClN5O4. The van der Waals surface area contributed by atoms with Crippen LogP contribution in [0.5, 0.6) is 5.75 Å². The molecule has 1 fully saturated rings. The van der Waals surface area contributed by atoms with E-state index in [1.807, 2.05) is 19.9 Å². The largest absolute Gasteiger partial charge is 0.491 e. The minimum atomic E-state index is -0.630. The molecule has 10 heteroatoms. The predicted molar refractivity (Wildman–Crippen MR) is 135 cm³/mol. The summed E-state index contributed by atoms with van der Waals surface area (Å²) < 4.78 is 16.7. The third-order valence-corrected chi connectivity index (χ3v) is 6.61. The molecule has 1 aliphatic carbocycles. The second kappa shape index (κ2) is 10.5. The molecule has 9 nitrogen and oxygen atoms in total. The van der Waals surface area contributed by atoms with Gasteiger partial charge in [0, 0.05) is 31.3 Å². The number of likely N-dealkylation sites (N-methyl/N-ethyl adjacent to an activating group) is 1. The molecule has 0 unspecified atom stereocenters. The average Bonchev–Trinajstić information content (AvgIpc) is 3.15. The summed E-state index contributed by atoms with van der Waals surface area (Å²) in [7, 11) is 3.52. The first-order valence-electron chi connectivity index (χ1n) is 11.6. The smallest absolute Gasteiger partial charge is 0.163 e. The first-order chi connectivity index (χ1) is 16.7. The average molecular weight is 502 g/mol. The van der Waals surface area contributed by atoms with Gasteiger partial charge in [-0.15, -0.1) is 0 Å². The lowest BCUT2D eigenvalue weighted by Gasteiger charge is -2.44. The number of aliphatic hydroxyl groups excluding tert-OH is 1. The van der Waals surface area contributed by atoms with E-state index in [1.165, 1.54) is 0 Å². The third-order valence-electron chi connectivity index (χ3n) is 6.28. The second-order valence-corrected chi connectivity index (χ2v) is 9.64. The Balaban J connectivity index is 1.68. The van der Waals surface area contributed by atoms with Crippen LogP contribution in [-0.4, -0.2) is 65.3 Å². The molecule has 1 aliphatic rings. The number of nitrogens with one attached hydrogen (secondary N) is 2. The van der Waals surface area contributed by atoms with E-state index in [9.17, 15) is 5.11 Å². The fraction of sp³-hybridized carbons (Fsp3) is 0.480. The van der Waals surface area contributed by atoms with E-state index < -0.39 is 6.10 Å². The second-order valence-electron chi connectivity index (χ2n) is 9.23. The van der Waals surface area contributed by atoms with E-state index >= 15 is 0 Å². The van der Waals surface area contributed by atoms with Crippen molar-refractivity contribution in [1.82, 2.24) is 20.4 Å². The van der Waals surface area contributed by atoms with Crippen molar-refractivity contribution < 1.29 is 19.1 Å². The Kier molecular flexibility index (Phi) is 7.61. The van der Waals surface area contributed by atoms with Gasteiger partial charge in [-0.2, -0.15) is 0 Å². The van der Waals surface area contributed by atoms with Gasteiger partial charge in [0.2, 0.25) is 0 Å². The standard InChI is InChI=1S/C25H32ClN5O4/c1-14-23(15(2)35-31-14)21-9-22(28-16-10-25(3,11-16)33-5)30-24(29-21)19-8-18(6-7-20(19)26)34-13-17(32)12-27-4/h6-9,16-17,27,32H,10-13H2,1-5H3,(H,28,29,30)/t16?,17-,25?/m1/s1. The molecule has 0 radical (unpaired) electrons. The van der Waals surface area contributed by atoms with Crippen molar-refractivity contribution in [3.8, 4) is 28.4 Å². The van der Waals surface area contributed by atoms with Crippen molar-refractivity contribution in [3.05, 3.63) is 40.7 Å². The van der Waals surface area contributed by atoms with Crippen LogP contribution < -0.4 is 15.4 Å². The van der Waals surface area contributed by atoms with E-state index in [-0.39, 0.29) is 18.2 Å². The summed E-state index contributed by atoms with van der Waals surface area (Å²) in [6.45, 7) is 6.42. The quantitative estimate of drug-likeness (QED) is 0.379. The molecule has 3 aromatic rings.